The number of aliphatic imine (C=N–C) groups is 1. The van der Waals surface area contributed by atoms with Crippen LogP contribution in [0.1, 0.15) is 18.4 Å². The van der Waals surface area contributed by atoms with Gasteiger partial charge in [-0.1, -0.05) is 0 Å². The van der Waals surface area contributed by atoms with Crippen molar-refractivity contribution in [1.82, 2.24) is 15.5 Å². The number of alkyl halides is 2. The fraction of sp³-hybridized carbons (Fsp3) is 0.579. The summed E-state index contributed by atoms with van der Waals surface area (Å²) in [6.07, 6.45) is 2.02. The highest BCUT2D eigenvalue weighted by Crippen LogP contribution is 2.26. The van der Waals surface area contributed by atoms with Crippen LogP contribution < -0.4 is 20.1 Å². The third-order valence-electron chi connectivity index (χ3n) is 4.32. The highest BCUT2D eigenvalue weighted by atomic mass is 19.3. The Morgan fingerprint density at radius 3 is 2.79 bits per heavy atom. The summed E-state index contributed by atoms with van der Waals surface area (Å²) in [5.74, 6) is 0.773. The number of nitrogens with zero attached hydrogens (tertiary/aromatic N) is 2. The molecule has 2 rings (SSSR count). The standard InChI is InChI=1S/C19H28F2N4O4/c1-25(2)17(26)12-24-19(23-11-15-5-4-8-28-15)22-10-13-9-14(27-3)6-7-16(13)29-18(20)21/h6-7,9,15,18H,4-5,8,10-12H2,1-3H3,(H2,22,23,24). The number of guanidine groups is 1. The summed E-state index contributed by atoms with van der Waals surface area (Å²) < 4.78 is 40.7. The van der Waals surface area contributed by atoms with Crippen molar-refractivity contribution in [2.45, 2.75) is 32.1 Å². The van der Waals surface area contributed by atoms with Gasteiger partial charge in [0.05, 0.1) is 26.3 Å². The van der Waals surface area contributed by atoms with E-state index in [1.54, 1.807) is 20.2 Å². The minimum Gasteiger partial charge on any atom is -0.497 e. The summed E-state index contributed by atoms with van der Waals surface area (Å²) in [6.45, 7) is -1.59. The maximum Gasteiger partial charge on any atom is 0.387 e. The lowest BCUT2D eigenvalue weighted by molar-refractivity contribution is -0.127. The van der Waals surface area contributed by atoms with Crippen molar-refractivity contribution in [3.05, 3.63) is 23.8 Å². The first kappa shape index (κ1) is 22.7. The molecule has 10 heteroatoms. The molecule has 1 aromatic carbocycles. The number of hydrogen-bond acceptors (Lipinski definition) is 5. The summed E-state index contributed by atoms with van der Waals surface area (Å²) in [6, 6.07) is 4.54. The van der Waals surface area contributed by atoms with Crippen LogP contribution in [0.2, 0.25) is 0 Å². The molecule has 162 valence electrons. The smallest absolute Gasteiger partial charge is 0.387 e. The number of amides is 1. The molecule has 8 nitrogen and oxygen atoms in total. The summed E-state index contributed by atoms with van der Waals surface area (Å²) in [7, 11) is 4.80. The van der Waals surface area contributed by atoms with Crippen LogP contribution in [0.25, 0.3) is 0 Å². The monoisotopic (exact) mass is 414 g/mol. The fourth-order valence-corrected chi connectivity index (χ4v) is 2.69. The Balaban J connectivity index is 2.11. The van der Waals surface area contributed by atoms with Crippen LogP contribution in [0.4, 0.5) is 8.78 Å². The van der Waals surface area contributed by atoms with Crippen molar-refractivity contribution in [3.63, 3.8) is 0 Å². The number of benzene rings is 1. The topological polar surface area (TPSA) is 84.4 Å². The van der Waals surface area contributed by atoms with Gasteiger partial charge >= 0.3 is 6.61 Å². The summed E-state index contributed by atoms with van der Waals surface area (Å²) in [5.41, 5.74) is 0.432. The van der Waals surface area contributed by atoms with Gasteiger partial charge in [0.1, 0.15) is 11.5 Å². The quantitative estimate of drug-likeness (QED) is 0.472. The first-order valence-electron chi connectivity index (χ1n) is 9.34. The number of likely N-dealkylation sites (N-methyl/N-ethyl adjacent to an activating group) is 1. The molecule has 29 heavy (non-hydrogen) atoms. The van der Waals surface area contributed by atoms with E-state index in [2.05, 4.69) is 20.4 Å². The average molecular weight is 414 g/mol. The molecular formula is C19H28F2N4O4. The molecule has 1 atom stereocenters. The minimum atomic E-state index is -2.95. The van der Waals surface area contributed by atoms with Gasteiger partial charge in [0.15, 0.2) is 5.96 Å². The first-order valence-corrected chi connectivity index (χ1v) is 9.34. The van der Waals surface area contributed by atoms with E-state index in [0.29, 0.717) is 23.8 Å². The molecule has 1 amide bonds. The molecule has 0 aromatic heterocycles. The van der Waals surface area contributed by atoms with Gasteiger partial charge in [-0.25, -0.2) is 4.99 Å². The lowest BCUT2D eigenvalue weighted by Gasteiger charge is -2.17. The summed E-state index contributed by atoms with van der Waals surface area (Å²) >= 11 is 0. The Labute approximate surface area is 169 Å². The number of methoxy groups -OCH3 is 1. The van der Waals surface area contributed by atoms with Crippen LogP contribution in [0.15, 0.2) is 23.2 Å². The molecule has 1 unspecified atom stereocenters. The Kier molecular flexibility index (Phi) is 8.91. The lowest BCUT2D eigenvalue weighted by atomic mass is 10.2. The molecule has 1 aromatic rings. The van der Waals surface area contributed by atoms with E-state index < -0.39 is 6.61 Å². The molecule has 1 aliphatic rings. The van der Waals surface area contributed by atoms with Gasteiger partial charge in [-0.05, 0) is 31.0 Å². The zero-order valence-electron chi connectivity index (χ0n) is 16.9. The summed E-state index contributed by atoms with van der Waals surface area (Å²) in [4.78, 5) is 17.8. The molecule has 0 spiro atoms. The molecule has 1 heterocycles. The van der Waals surface area contributed by atoms with Crippen molar-refractivity contribution in [1.29, 1.82) is 0 Å². The third kappa shape index (κ3) is 7.72. The second kappa shape index (κ2) is 11.4. The van der Waals surface area contributed by atoms with E-state index in [1.165, 1.54) is 24.1 Å². The van der Waals surface area contributed by atoms with Gasteiger partial charge < -0.3 is 29.7 Å². The molecule has 1 saturated heterocycles. The van der Waals surface area contributed by atoms with Gasteiger partial charge in [0.2, 0.25) is 5.91 Å². The Bertz CT molecular complexity index is 695. The van der Waals surface area contributed by atoms with E-state index in [0.717, 1.165) is 19.4 Å². The van der Waals surface area contributed by atoms with Gasteiger partial charge in [0, 0.05) is 32.8 Å². The predicted octanol–water partition coefficient (Wildman–Crippen LogP) is 1.60. The largest absolute Gasteiger partial charge is 0.497 e. The molecule has 1 fully saturated rings. The van der Waals surface area contributed by atoms with E-state index in [9.17, 15) is 13.6 Å². The predicted molar refractivity (Wildman–Crippen MR) is 104 cm³/mol. The zero-order valence-corrected chi connectivity index (χ0v) is 16.9. The molecule has 0 aliphatic carbocycles. The fourth-order valence-electron chi connectivity index (χ4n) is 2.69. The Morgan fingerprint density at radius 1 is 1.38 bits per heavy atom. The highest BCUT2D eigenvalue weighted by molar-refractivity contribution is 5.86. The maximum absolute atomic E-state index is 12.7. The molecule has 1 aliphatic heterocycles. The molecule has 0 bridgehead atoms. The Morgan fingerprint density at radius 2 is 2.17 bits per heavy atom. The second-order valence-electron chi connectivity index (χ2n) is 6.67. The zero-order chi connectivity index (χ0) is 21.2. The Hall–Kier alpha value is -2.62. The van der Waals surface area contributed by atoms with Gasteiger partial charge in [0.25, 0.3) is 0 Å². The number of rotatable bonds is 9. The van der Waals surface area contributed by atoms with Crippen LogP contribution >= 0.6 is 0 Å². The minimum absolute atomic E-state index is 0.0207. The van der Waals surface area contributed by atoms with E-state index in [1.807, 2.05) is 0 Å². The van der Waals surface area contributed by atoms with Crippen LogP contribution in [-0.4, -0.2) is 70.4 Å². The average Bonchev–Trinajstić information content (AvgIpc) is 3.21. The number of carbonyl (C=O) groups excluding carboxylic acids is 1. The van der Waals surface area contributed by atoms with Crippen molar-refractivity contribution in [3.8, 4) is 11.5 Å². The van der Waals surface area contributed by atoms with Crippen LogP contribution in [0.5, 0.6) is 11.5 Å². The summed E-state index contributed by atoms with van der Waals surface area (Å²) in [5, 5.41) is 6.09. The van der Waals surface area contributed by atoms with Gasteiger partial charge in [-0.2, -0.15) is 8.78 Å². The van der Waals surface area contributed by atoms with E-state index in [4.69, 9.17) is 9.47 Å². The third-order valence-corrected chi connectivity index (χ3v) is 4.32. The second-order valence-corrected chi connectivity index (χ2v) is 6.67. The van der Waals surface area contributed by atoms with Crippen LogP contribution in [-0.2, 0) is 16.1 Å². The van der Waals surface area contributed by atoms with Crippen molar-refractivity contribution in [2.75, 3.05) is 40.9 Å². The number of hydrogen-bond donors (Lipinski definition) is 2. The van der Waals surface area contributed by atoms with Gasteiger partial charge in [-0.3, -0.25) is 4.79 Å². The first-order chi connectivity index (χ1) is 13.9. The number of carbonyl (C=O) groups is 1. The number of ether oxygens (including phenoxy) is 3. The van der Waals surface area contributed by atoms with Crippen molar-refractivity contribution < 1.29 is 27.8 Å². The molecular weight excluding hydrogens is 386 g/mol. The van der Waals surface area contributed by atoms with Crippen LogP contribution in [0, 0.1) is 0 Å². The van der Waals surface area contributed by atoms with Gasteiger partial charge in [-0.15, -0.1) is 0 Å². The highest BCUT2D eigenvalue weighted by Gasteiger charge is 2.16. The lowest BCUT2D eigenvalue weighted by Crippen LogP contribution is -2.45. The number of halogens is 2. The SMILES string of the molecule is COc1ccc(OC(F)F)c(CN=C(NCC(=O)N(C)C)NCC2CCCO2)c1. The van der Waals surface area contributed by atoms with Crippen molar-refractivity contribution >= 4 is 11.9 Å². The normalized spacial score (nSPS) is 16.6. The van der Waals surface area contributed by atoms with Crippen molar-refractivity contribution in [2.24, 2.45) is 4.99 Å². The molecule has 0 radical (unpaired) electrons. The van der Waals surface area contributed by atoms with E-state index in [-0.39, 0.29) is 30.9 Å². The number of nitrogens with one attached hydrogen (secondary N) is 2. The van der Waals surface area contributed by atoms with Crippen LogP contribution in [0.3, 0.4) is 0 Å². The molecule has 2 N–H and O–H groups in total. The van der Waals surface area contributed by atoms with E-state index >= 15 is 0 Å². The maximum atomic E-state index is 12.7. The molecule has 0 saturated carbocycles.